The van der Waals surface area contributed by atoms with Gasteiger partial charge in [0.1, 0.15) is 0 Å². The maximum atomic E-state index is 13.4. The van der Waals surface area contributed by atoms with E-state index in [2.05, 4.69) is 4.98 Å². The van der Waals surface area contributed by atoms with Gasteiger partial charge in [-0.1, -0.05) is 53.7 Å². The lowest BCUT2D eigenvalue weighted by Crippen LogP contribution is -2.14. The summed E-state index contributed by atoms with van der Waals surface area (Å²) in [7, 11) is -3.87. The van der Waals surface area contributed by atoms with Crippen molar-refractivity contribution >= 4 is 38.5 Å². The van der Waals surface area contributed by atoms with Crippen molar-refractivity contribution in [2.24, 2.45) is 0 Å². The molecule has 0 aliphatic carbocycles. The van der Waals surface area contributed by atoms with E-state index in [1.54, 1.807) is 60.7 Å². The zero-order chi connectivity index (χ0) is 21.3. The van der Waals surface area contributed by atoms with Crippen molar-refractivity contribution in [2.75, 3.05) is 0 Å². The van der Waals surface area contributed by atoms with Crippen molar-refractivity contribution in [3.63, 3.8) is 0 Å². The van der Waals surface area contributed by atoms with Gasteiger partial charge < -0.3 is 0 Å². The van der Waals surface area contributed by atoms with Crippen LogP contribution in [0.15, 0.2) is 82.8 Å². The molecule has 30 heavy (non-hydrogen) atoms. The summed E-state index contributed by atoms with van der Waals surface area (Å²) in [5.74, 6) is 0.342. The Bertz CT molecular complexity index is 1350. The van der Waals surface area contributed by atoms with Gasteiger partial charge in [0.05, 0.1) is 20.9 Å². The van der Waals surface area contributed by atoms with Gasteiger partial charge in [0.2, 0.25) is 0 Å². The molecule has 0 aliphatic rings. The highest BCUT2D eigenvalue weighted by Crippen LogP contribution is 2.31. The van der Waals surface area contributed by atoms with Gasteiger partial charge in [-0.05, 0) is 36.8 Å². The SMILES string of the molecule is Cc1ccc(S(=O)(=O)n2c(SCc3cccc([N+](=O)[O-])c3)nc3ccccc32)cc1. The molecule has 0 amide bonds. The van der Waals surface area contributed by atoms with Crippen molar-refractivity contribution in [1.29, 1.82) is 0 Å². The lowest BCUT2D eigenvalue weighted by molar-refractivity contribution is -0.384. The van der Waals surface area contributed by atoms with E-state index in [-0.39, 0.29) is 10.6 Å². The molecule has 0 unspecified atom stereocenters. The number of imidazole rings is 1. The summed E-state index contributed by atoms with van der Waals surface area (Å²) >= 11 is 1.22. The Hall–Kier alpha value is -3.17. The number of nitrogens with zero attached hydrogens (tertiary/aromatic N) is 3. The van der Waals surface area contributed by atoms with Crippen LogP contribution in [0.2, 0.25) is 0 Å². The van der Waals surface area contributed by atoms with Crippen LogP contribution in [-0.4, -0.2) is 22.3 Å². The Kier molecular flexibility index (Phi) is 5.31. The molecule has 3 aromatic carbocycles. The minimum atomic E-state index is -3.87. The summed E-state index contributed by atoms with van der Waals surface area (Å²) in [4.78, 5) is 15.2. The first kappa shape index (κ1) is 20.1. The largest absolute Gasteiger partial charge is 0.270 e. The predicted molar refractivity (Wildman–Crippen MR) is 116 cm³/mol. The second-order valence-electron chi connectivity index (χ2n) is 6.68. The van der Waals surface area contributed by atoms with Gasteiger partial charge >= 0.3 is 0 Å². The molecule has 0 radical (unpaired) electrons. The minimum Gasteiger partial charge on any atom is -0.258 e. The highest BCUT2D eigenvalue weighted by atomic mass is 32.2. The van der Waals surface area contributed by atoms with E-state index in [1.807, 2.05) is 6.92 Å². The number of nitro benzene ring substituents is 1. The highest BCUT2D eigenvalue weighted by Gasteiger charge is 2.24. The first-order valence-corrected chi connectivity index (χ1v) is 11.4. The number of thioether (sulfide) groups is 1. The van der Waals surface area contributed by atoms with Crippen LogP contribution in [0.4, 0.5) is 5.69 Å². The fourth-order valence-corrected chi connectivity index (χ4v) is 5.69. The van der Waals surface area contributed by atoms with Crippen molar-refractivity contribution < 1.29 is 13.3 Å². The molecule has 0 aliphatic heterocycles. The number of aryl methyl sites for hydroxylation is 1. The molecule has 152 valence electrons. The molecule has 1 heterocycles. The van der Waals surface area contributed by atoms with Gasteiger partial charge in [0.25, 0.3) is 15.7 Å². The van der Waals surface area contributed by atoms with Gasteiger partial charge in [0, 0.05) is 17.9 Å². The molecule has 7 nitrogen and oxygen atoms in total. The summed E-state index contributed by atoms with van der Waals surface area (Å²) < 4.78 is 28.1. The second-order valence-corrected chi connectivity index (χ2v) is 9.41. The molecule has 0 bridgehead atoms. The number of rotatable bonds is 6. The quantitative estimate of drug-likeness (QED) is 0.244. The molecule has 4 aromatic rings. The van der Waals surface area contributed by atoms with Crippen molar-refractivity contribution in [1.82, 2.24) is 8.96 Å². The van der Waals surface area contributed by atoms with E-state index in [1.165, 1.54) is 27.9 Å². The fourth-order valence-electron chi connectivity index (χ4n) is 3.03. The zero-order valence-corrected chi connectivity index (χ0v) is 17.6. The molecule has 1 aromatic heterocycles. The summed E-state index contributed by atoms with van der Waals surface area (Å²) in [6, 6.07) is 20.0. The Labute approximate surface area is 177 Å². The van der Waals surface area contributed by atoms with E-state index in [9.17, 15) is 18.5 Å². The topological polar surface area (TPSA) is 95.1 Å². The molecule has 0 N–H and O–H groups in total. The minimum absolute atomic E-state index is 0.00567. The molecule has 0 saturated heterocycles. The maximum Gasteiger partial charge on any atom is 0.270 e. The summed E-state index contributed by atoms with van der Waals surface area (Å²) in [5, 5.41) is 11.3. The normalized spacial score (nSPS) is 11.6. The molecule has 9 heteroatoms. The third-order valence-electron chi connectivity index (χ3n) is 4.54. The van der Waals surface area contributed by atoms with E-state index in [0.717, 1.165) is 5.56 Å². The number of fused-ring (bicyclic) bond motifs is 1. The van der Waals surface area contributed by atoms with Crippen LogP contribution in [0.3, 0.4) is 0 Å². The molecule has 0 spiro atoms. The number of benzene rings is 3. The lowest BCUT2D eigenvalue weighted by atomic mass is 10.2. The smallest absolute Gasteiger partial charge is 0.258 e. The van der Waals surface area contributed by atoms with Crippen molar-refractivity contribution in [2.45, 2.75) is 22.7 Å². The van der Waals surface area contributed by atoms with E-state index in [0.29, 0.717) is 27.5 Å². The molecule has 0 atom stereocenters. The molecular formula is C21H17N3O4S2. The second kappa shape index (κ2) is 7.92. The summed E-state index contributed by atoms with van der Waals surface area (Å²) in [6.07, 6.45) is 0. The van der Waals surface area contributed by atoms with E-state index < -0.39 is 14.9 Å². The Morgan fingerprint density at radius 1 is 1.03 bits per heavy atom. The first-order valence-electron chi connectivity index (χ1n) is 9.02. The summed E-state index contributed by atoms with van der Waals surface area (Å²) in [5.41, 5.74) is 2.72. The number of aromatic nitrogens is 2. The van der Waals surface area contributed by atoms with Crippen LogP contribution < -0.4 is 0 Å². The average molecular weight is 440 g/mol. The average Bonchev–Trinajstić information content (AvgIpc) is 3.12. The van der Waals surface area contributed by atoms with Gasteiger partial charge in [-0.2, -0.15) is 0 Å². The van der Waals surface area contributed by atoms with Gasteiger partial charge in [-0.3, -0.25) is 10.1 Å². The summed E-state index contributed by atoms with van der Waals surface area (Å²) in [6.45, 7) is 1.89. The van der Waals surface area contributed by atoms with Gasteiger partial charge in [-0.15, -0.1) is 0 Å². The van der Waals surface area contributed by atoms with Crippen molar-refractivity contribution in [3.05, 3.63) is 94.0 Å². The standard InChI is InChI=1S/C21H17N3O4S2/c1-15-9-11-18(12-10-15)30(27,28)23-20-8-3-2-7-19(20)22-21(23)29-14-16-5-4-6-17(13-16)24(25)26/h2-13H,14H2,1H3. The number of hydrogen-bond acceptors (Lipinski definition) is 6. The van der Waals surface area contributed by atoms with Crippen LogP contribution in [0.25, 0.3) is 11.0 Å². The molecular weight excluding hydrogens is 422 g/mol. The lowest BCUT2D eigenvalue weighted by Gasteiger charge is -2.10. The molecule has 0 saturated carbocycles. The predicted octanol–water partition coefficient (Wildman–Crippen LogP) is 4.78. The molecule has 4 rings (SSSR count). The third kappa shape index (κ3) is 3.81. The van der Waals surface area contributed by atoms with Crippen LogP contribution in [-0.2, 0) is 15.8 Å². The molecule has 0 fully saturated rings. The van der Waals surface area contributed by atoms with Crippen LogP contribution in [0.5, 0.6) is 0 Å². The first-order chi connectivity index (χ1) is 14.4. The van der Waals surface area contributed by atoms with E-state index in [4.69, 9.17) is 0 Å². The number of para-hydroxylation sites is 2. The fraction of sp³-hybridized carbons (Fsp3) is 0.0952. The number of hydrogen-bond donors (Lipinski definition) is 0. The van der Waals surface area contributed by atoms with Gasteiger partial charge in [-0.25, -0.2) is 17.4 Å². The Morgan fingerprint density at radius 3 is 2.50 bits per heavy atom. The number of nitro groups is 1. The van der Waals surface area contributed by atoms with Crippen LogP contribution in [0.1, 0.15) is 11.1 Å². The highest BCUT2D eigenvalue weighted by molar-refractivity contribution is 7.99. The van der Waals surface area contributed by atoms with Gasteiger partial charge in [0.15, 0.2) is 5.16 Å². The monoisotopic (exact) mass is 439 g/mol. The van der Waals surface area contributed by atoms with Crippen LogP contribution in [0, 0.1) is 17.0 Å². The van der Waals surface area contributed by atoms with Crippen LogP contribution >= 0.6 is 11.8 Å². The maximum absolute atomic E-state index is 13.4. The van der Waals surface area contributed by atoms with E-state index >= 15 is 0 Å². The Morgan fingerprint density at radius 2 is 1.77 bits per heavy atom. The Balaban J connectivity index is 1.77. The van der Waals surface area contributed by atoms with Crippen molar-refractivity contribution in [3.8, 4) is 0 Å². The number of non-ortho nitro benzene ring substituents is 1. The zero-order valence-electron chi connectivity index (χ0n) is 15.9. The third-order valence-corrected chi connectivity index (χ3v) is 7.38.